The van der Waals surface area contributed by atoms with Crippen molar-refractivity contribution in [1.82, 2.24) is 10.3 Å². The lowest BCUT2D eigenvalue weighted by atomic mass is 9.97. The van der Waals surface area contributed by atoms with Crippen LogP contribution < -0.4 is 16.6 Å². The van der Waals surface area contributed by atoms with E-state index in [0.717, 1.165) is 21.7 Å². The smallest absolute Gasteiger partial charge is 0.252 e. The number of nitrogens with one attached hydrogen (secondary N) is 2. The average Bonchev–Trinajstić information content (AvgIpc) is 2.50. The number of aryl methyl sites for hydroxylation is 1. The summed E-state index contributed by atoms with van der Waals surface area (Å²) < 4.78 is 0. The van der Waals surface area contributed by atoms with Crippen LogP contribution >= 0.6 is 11.8 Å². The number of amides is 1. The van der Waals surface area contributed by atoms with Crippen LogP contribution in [0, 0.1) is 6.92 Å². The lowest BCUT2D eigenvalue weighted by molar-refractivity contribution is 0.0999. The highest BCUT2D eigenvalue weighted by atomic mass is 32.2. The predicted molar refractivity (Wildman–Crippen MR) is 94.1 cm³/mol. The van der Waals surface area contributed by atoms with Gasteiger partial charge in [-0.25, -0.2) is 0 Å². The monoisotopic (exact) mass is 331 g/mol. The molecule has 5 nitrogen and oxygen atoms in total. The van der Waals surface area contributed by atoms with Gasteiger partial charge in [-0.1, -0.05) is 12.1 Å². The Labute approximate surface area is 139 Å². The van der Waals surface area contributed by atoms with Crippen LogP contribution in [0.3, 0.4) is 0 Å². The van der Waals surface area contributed by atoms with E-state index in [1.165, 1.54) is 11.8 Å². The molecule has 1 heterocycles. The first-order chi connectivity index (χ1) is 11.0. The van der Waals surface area contributed by atoms with E-state index < -0.39 is 5.91 Å². The molecule has 6 heteroatoms. The Hall–Kier alpha value is -2.05. The Morgan fingerprint density at radius 1 is 1.35 bits per heavy atom. The summed E-state index contributed by atoms with van der Waals surface area (Å²) in [6.45, 7) is 2.51. The van der Waals surface area contributed by atoms with Crippen LogP contribution in [0.15, 0.2) is 34.0 Å². The molecule has 0 unspecified atom stereocenters. The van der Waals surface area contributed by atoms with Crippen molar-refractivity contribution in [2.24, 2.45) is 5.73 Å². The van der Waals surface area contributed by atoms with Gasteiger partial charge >= 0.3 is 0 Å². The molecule has 0 saturated carbocycles. The molecule has 0 spiro atoms. The van der Waals surface area contributed by atoms with Crippen LogP contribution in [-0.2, 0) is 13.0 Å². The van der Waals surface area contributed by atoms with E-state index in [0.29, 0.717) is 24.1 Å². The second kappa shape index (κ2) is 7.48. The van der Waals surface area contributed by atoms with Crippen molar-refractivity contribution in [2.45, 2.75) is 24.8 Å². The molecule has 2 rings (SSSR count). The van der Waals surface area contributed by atoms with Crippen molar-refractivity contribution in [3.05, 3.63) is 62.6 Å². The van der Waals surface area contributed by atoms with Crippen LogP contribution in [0.2, 0.25) is 0 Å². The molecule has 2 aromatic rings. The van der Waals surface area contributed by atoms with Crippen LogP contribution in [0.4, 0.5) is 0 Å². The SMILES string of the molecule is CNCc1ccc(Cc2c(SC)cc(C)[nH]c2=O)c(C(N)=O)c1. The highest BCUT2D eigenvalue weighted by Crippen LogP contribution is 2.22. The predicted octanol–water partition coefficient (Wildman–Crippen LogP) is 1.81. The maximum absolute atomic E-state index is 12.3. The van der Waals surface area contributed by atoms with Gasteiger partial charge < -0.3 is 16.0 Å². The Morgan fingerprint density at radius 3 is 2.70 bits per heavy atom. The zero-order chi connectivity index (χ0) is 17.0. The van der Waals surface area contributed by atoms with E-state index in [2.05, 4.69) is 10.3 Å². The van der Waals surface area contributed by atoms with E-state index in [1.54, 1.807) is 6.07 Å². The van der Waals surface area contributed by atoms with Crippen molar-refractivity contribution in [3.63, 3.8) is 0 Å². The molecule has 1 aromatic carbocycles. The summed E-state index contributed by atoms with van der Waals surface area (Å²) in [6.07, 6.45) is 2.31. The summed E-state index contributed by atoms with van der Waals surface area (Å²) in [5.41, 5.74) is 9.08. The number of pyridine rings is 1. The summed E-state index contributed by atoms with van der Waals surface area (Å²) in [7, 11) is 1.84. The molecule has 1 aromatic heterocycles. The minimum atomic E-state index is -0.479. The number of primary amides is 1. The Morgan fingerprint density at radius 2 is 2.09 bits per heavy atom. The summed E-state index contributed by atoms with van der Waals surface area (Å²) in [6, 6.07) is 7.55. The topological polar surface area (TPSA) is 88.0 Å². The lowest BCUT2D eigenvalue weighted by Crippen LogP contribution is -2.19. The minimum Gasteiger partial charge on any atom is -0.366 e. The number of benzene rings is 1. The molecular weight excluding hydrogens is 310 g/mol. The van der Waals surface area contributed by atoms with Gasteiger partial charge in [0.2, 0.25) is 5.91 Å². The van der Waals surface area contributed by atoms with Gasteiger partial charge in [-0.05, 0) is 43.5 Å². The first-order valence-corrected chi connectivity index (χ1v) is 8.51. The number of H-pyrrole nitrogens is 1. The molecule has 0 aliphatic rings. The van der Waals surface area contributed by atoms with Crippen molar-refractivity contribution >= 4 is 17.7 Å². The lowest BCUT2D eigenvalue weighted by Gasteiger charge is -2.12. The molecule has 0 fully saturated rings. The number of thioether (sulfide) groups is 1. The van der Waals surface area contributed by atoms with E-state index in [4.69, 9.17) is 5.73 Å². The van der Waals surface area contributed by atoms with E-state index in [-0.39, 0.29) is 5.56 Å². The Bertz CT molecular complexity index is 784. The van der Waals surface area contributed by atoms with Gasteiger partial charge in [0.05, 0.1) is 0 Å². The van der Waals surface area contributed by atoms with Crippen LogP contribution in [0.5, 0.6) is 0 Å². The normalized spacial score (nSPS) is 10.7. The summed E-state index contributed by atoms with van der Waals surface area (Å²) >= 11 is 1.52. The van der Waals surface area contributed by atoms with Crippen LogP contribution in [0.1, 0.15) is 32.7 Å². The third-order valence-corrected chi connectivity index (χ3v) is 4.44. The number of hydrogen-bond acceptors (Lipinski definition) is 4. The van der Waals surface area contributed by atoms with Gasteiger partial charge in [-0.2, -0.15) is 0 Å². The van der Waals surface area contributed by atoms with Gasteiger partial charge in [0.15, 0.2) is 0 Å². The molecule has 1 amide bonds. The van der Waals surface area contributed by atoms with Gasteiger partial charge in [-0.15, -0.1) is 11.8 Å². The molecule has 0 aliphatic carbocycles. The maximum atomic E-state index is 12.3. The van der Waals surface area contributed by atoms with E-state index >= 15 is 0 Å². The molecular formula is C17H21N3O2S. The summed E-state index contributed by atoms with van der Waals surface area (Å²) in [5, 5.41) is 3.04. The van der Waals surface area contributed by atoms with Gasteiger partial charge in [0, 0.05) is 34.7 Å². The van der Waals surface area contributed by atoms with Crippen LogP contribution in [-0.4, -0.2) is 24.2 Å². The maximum Gasteiger partial charge on any atom is 0.252 e. The van der Waals surface area contributed by atoms with E-state index in [9.17, 15) is 9.59 Å². The third-order valence-electron chi connectivity index (χ3n) is 3.64. The standard InChI is InChI=1S/C17H21N3O2S/c1-10-6-15(23-3)14(17(22)20-10)8-12-5-4-11(9-19-2)7-13(12)16(18)21/h4-7,19H,8-9H2,1-3H3,(H2,18,21)(H,20,22). The fourth-order valence-corrected chi connectivity index (χ4v) is 3.25. The number of nitrogens with two attached hydrogens (primary N) is 1. The number of rotatable bonds is 6. The molecule has 23 heavy (non-hydrogen) atoms. The van der Waals surface area contributed by atoms with Crippen molar-refractivity contribution in [1.29, 1.82) is 0 Å². The molecule has 122 valence electrons. The first-order valence-electron chi connectivity index (χ1n) is 7.29. The van der Waals surface area contributed by atoms with Gasteiger partial charge in [0.1, 0.15) is 0 Å². The van der Waals surface area contributed by atoms with E-state index in [1.807, 2.05) is 38.4 Å². The first kappa shape index (κ1) is 17.3. The van der Waals surface area contributed by atoms with Crippen molar-refractivity contribution in [3.8, 4) is 0 Å². The molecule has 0 aliphatic heterocycles. The zero-order valence-electron chi connectivity index (χ0n) is 13.5. The summed E-state index contributed by atoms with van der Waals surface area (Å²) in [4.78, 5) is 27.8. The second-order valence-corrected chi connectivity index (χ2v) is 6.24. The molecule has 4 N–H and O–H groups in total. The van der Waals surface area contributed by atoms with Crippen molar-refractivity contribution in [2.75, 3.05) is 13.3 Å². The third kappa shape index (κ3) is 4.03. The largest absolute Gasteiger partial charge is 0.366 e. The minimum absolute atomic E-state index is 0.121. The zero-order valence-corrected chi connectivity index (χ0v) is 14.3. The second-order valence-electron chi connectivity index (χ2n) is 5.39. The fourth-order valence-electron chi connectivity index (χ4n) is 2.55. The van der Waals surface area contributed by atoms with Crippen molar-refractivity contribution < 1.29 is 4.79 Å². The quantitative estimate of drug-likeness (QED) is 0.705. The fraction of sp³-hybridized carbons (Fsp3) is 0.294. The van der Waals surface area contributed by atoms with Crippen LogP contribution in [0.25, 0.3) is 0 Å². The number of carbonyl (C=O) groups excluding carboxylic acids is 1. The molecule has 0 atom stereocenters. The molecule has 0 bridgehead atoms. The number of carbonyl (C=O) groups is 1. The highest BCUT2D eigenvalue weighted by molar-refractivity contribution is 7.98. The Kier molecular flexibility index (Phi) is 5.63. The van der Waals surface area contributed by atoms with Gasteiger partial charge in [-0.3, -0.25) is 9.59 Å². The molecule has 0 saturated heterocycles. The number of hydrogen-bond donors (Lipinski definition) is 3. The number of aromatic amines is 1. The average molecular weight is 331 g/mol. The van der Waals surface area contributed by atoms with Gasteiger partial charge in [0.25, 0.3) is 5.56 Å². The number of aromatic nitrogens is 1. The summed E-state index contributed by atoms with van der Waals surface area (Å²) in [5.74, 6) is -0.479. The highest BCUT2D eigenvalue weighted by Gasteiger charge is 2.14. The molecule has 0 radical (unpaired) electrons. The Balaban J connectivity index is 2.48.